The maximum absolute atomic E-state index is 12.9. The van der Waals surface area contributed by atoms with Gasteiger partial charge < -0.3 is 19.0 Å². The number of hydrogen-bond acceptors (Lipinski definition) is 7. The predicted molar refractivity (Wildman–Crippen MR) is 161 cm³/mol. The van der Waals surface area contributed by atoms with Gasteiger partial charge in [-0.25, -0.2) is 0 Å². The molecule has 10 heteroatoms. The number of amides is 2. The van der Waals surface area contributed by atoms with E-state index < -0.39 is 0 Å². The molecule has 2 aromatic heterocycles. The number of furan rings is 1. The molecule has 1 fully saturated rings. The van der Waals surface area contributed by atoms with Gasteiger partial charge in [-0.1, -0.05) is 44.4 Å². The average molecular weight is 582 g/mol. The summed E-state index contributed by atoms with van der Waals surface area (Å²) in [4.78, 5) is 29.5. The molecular weight excluding hydrogens is 538 g/mol. The van der Waals surface area contributed by atoms with Crippen LogP contribution in [0.2, 0.25) is 0 Å². The van der Waals surface area contributed by atoms with E-state index in [0.29, 0.717) is 44.1 Å². The molecule has 0 spiro atoms. The van der Waals surface area contributed by atoms with Gasteiger partial charge >= 0.3 is 0 Å². The fraction of sp³-hybridized carbons (Fsp3) is 0.548. The molecule has 222 valence electrons. The first-order valence-electron chi connectivity index (χ1n) is 14.9. The van der Waals surface area contributed by atoms with E-state index >= 15 is 0 Å². The summed E-state index contributed by atoms with van der Waals surface area (Å²) in [5, 5.41) is 9.60. The van der Waals surface area contributed by atoms with E-state index in [1.165, 1.54) is 19.3 Å². The first kappa shape index (κ1) is 30.7. The van der Waals surface area contributed by atoms with Crippen LogP contribution in [-0.4, -0.2) is 74.9 Å². The van der Waals surface area contributed by atoms with Gasteiger partial charge in [0.1, 0.15) is 5.75 Å². The molecule has 1 aliphatic heterocycles. The minimum absolute atomic E-state index is 0.0686. The number of nitrogens with zero attached hydrogens (tertiary/aromatic N) is 5. The van der Waals surface area contributed by atoms with Crippen LogP contribution in [0.15, 0.2) is 52.2 Å². The Morgan fingerprint density at radius 2 is 1.73 bits per heavy atom. The number of piperazine rings is 1. The molecule has 1 aromatic carbocycles. The number of unbranched alkanes of at least 4 members (excludes halogenated alkanes) is 5. The van der Waals surface area contributed by atoms with Crippen LogP contribution in [0.1, 0.15) is 71.6 Å². The number of thioether (sulfide) groups is 1. The Balaban J connectivity index is 1.23. The number of carbonyl (C=O) groups is 2. The third-order valence-electron chi connectivity index (χ3n) is 7.52. The molecule has 3 heterocycles. The zero-order valence-corrected chi connectivity index (χ0v) is 25.4. The van der Waals surface area contributed by atoms with Crippen molar-refractivity contribution in [1.82, 2.24) is 24.6 Å². The summed E-state index contributed by atoms with van der Waals surface area (Å²) in [6.07, 6.45) is 10.2. The van der Waals surface area contributed by atoms with Crippen LogP contribution < -0.4 is 4.74 Å². The third kappa shape index (κ3) is 8.38. The van der Waals surface area contributed by atoms with Crippen molar-refractivity contribution in [1.29, 1.82) is 0 Å². The molecule has 1 aliphatic rings. The molecule has 0 radical (unpaired) electrons. The second kappa shape index (κ2) is 15.7. The highest BCUT2D eigenvalue weighted by Crippen LogP contribution is 2.29. The van der Waals surface area contributed by atoms with Crippen LogP contribution in [0.3, 0.4) is 0 Å². The lowest BCUT2D eigenvalue weighted by atomic mass is 10.1. The van der Waals surface area contributed by atoms with Gasteiger partial charge in [0, 0.05) is 44.3 Å². The van der Waals surface area contributed by atoms with Crippen molar-refractivity contribution in [3.8, 4) is 23.0 Å². The van der Waals surface area contributed by atoms with Crippen LogP contribution >= 0.6 is 11.8 Å². The maximum Gasteiger partial charge on any atom is 0.222 e. The SMILES string of the molecule is CCCCCCCC(=O)N1CCN(C(=O)CCCCSc2nnc(-c3ccco3)n2-c2ccc(OC)cc2)CC1C. The maximum atomic E-state index is 12.9. The van der Waals surface area contributed by atoms with Gasteiger partial charge in [-0.05, 0) is 62.6 Å². The number of carbonyl (C=O) groups excluding carboxylic acids is 2. The monoisotopic (exact) mass is 581 g/mol. The summed E-state index contributed by atoms with van der Waals surface area (Å²) in [5.74, 6) is 3.29. The van der Waals surface area contributed by atoms with Gasteiger partial charge in [-0.3, -0.25) is 14.2 Å². The zero-order chi connectivity index (χ0) is 29.0. The van der Waals surface area contributed by atoms with E-state index in [2.05, 4.69) is 24.0 Å². The minimum Gasteiger partial charge on any atom is -0.497 e. The number of methoxy groups -OCH3 is 1. The van der Waals surface area contributed by atoms with Crippen molar-refractivity contribution in [3.05, 3.63) is 42.7 Å². The predicted octanol–water partition coefficient (Wildman–Crippen LogP) is 6.22. The summed E-state index contributed by atoms with van der Waals surface area (Å²) >= 11 is 1.62. The van der Waals surface area contributed by atoms with E-state index in [0.717, 1.165) is 48.0 Å². The van der Waals surface area contributed by atoms with Crippen molar-refractivity contribution < 1.29 is 18.7 Å². The normalized spacial score (nSPS) is 15.3. The molecule has 3 aromatic rings. The van der Waals surface area contributed by atoms with Gasteiger partial charge in [0.05, 0.1) is 19.1 Å². The van der Waals surface area contributed by atoms with Crippen LogP contribution in [0, 0.1) is 0 Å². The van der Waals surface area contributed by atoms with Crippen LogP contribution in [0.4, 0.5) is 0 Å². The Bertz CT molecular complexity index is 1230. The van der Waals surface area contributed by atoms with Gasteiger partial charge in [-0.2, -0.15) is 0 Å². The van der Waals surface area contributed by atoms with E-state index in [1.807, 2.05) is 50.8 Å². The third-order valence-corrected chi connectivity index (χ3v) is 8.53. The lowest BCUT2D eigenvalue weighted by Crippen LogP contribution is -2.55. The molecule has 41 heavy (non-hydrogen) atoms. The molecule has 0 aliphatic carbocycles. The topological polar surface area (TPSA) is 93.7 Å². The molecular formula is C31H43N5O4S. The van der Waals surface area contributed by atoms with Crippen LogP contribution in [0.25, 0.3) is 17.3 Å². The zero-order valence-electron chi connectivity index (χ0n) is 24.6. The highest BCUT2D eigenvalue weighted by atomic mass is 32.2. The number of benzene rings is 1. The highest BCUT2D eigenvalue weighted by molar-refractivity contribution is 7.99. The van der Waals surface area contributed by atoms with Crippen LogP contribution in [0.5, 0.6) is 5.75 Å². The number of hydrogen-bond donors (Lipinski definition) is 0. The second-order valence-electron chi connectivity index (χ2n) is 10.6. The molecule has 4 rings (SSSR count). The van der Waals surface area contributed by atoms with Crippen molar-refractivity contribution >= 4 is 23.6 Å². The van der Waals surface area contributed by atoms with Crippen molar-refractivity contribution in [3.63, 3.8) is 0 Å². The summed E-state index contributed by atoms with van der Waals surface area (Å²) in [6.45, 7) is 6.14. The average Bonchev–Trinajstić information content (AvgIpc) is 3.67. The van der Waals surface area contributed by atoms with Gasteiger partial charge in [-0.15, -0.1) is 10.2 Å². The van der Waals surface area contributed by atoms with Crippen molar-refractivity contribution in [2.24, 2.45) is 0 Å². The second-order valence-corrected chi connectivity index (χ2v) is 11.6. The smallest absolute Gasteiger partial charge is 0.222 e. The van der Waals surface area contributed by atoms with Crippen molar-refractivity contribution in [2.75, 3.05) is 32.5 Å². The van der Waals surface area contributed by atoms with Crippen molar-refractivity contribution in [2.45, 2.75) is 82.8 Å². The molecule has 0 saturated carbocycles. The molecule has 1 unspecified atom stereocenters. The number of rotatable bonds is 15. The number of aromatic nitrogens is 3. The Morgan fingerprint density at radius 3 is 2.44 bits per heavy atom. The fourth-order valence-corrected chi connectivity index (χ4v) is 6.12. The minimum atomic E-state index is 0.0686. The van der Waals surface area contributed by atoms with Gasteiger partial charge in [0.2, 0.25) is 17.6 Å². The lowest BCUT2D eigenvalue weighted by Gasteiger charge is -2.40. The molecule has 9 nitrogen and oxygen atoms in total. The Kier molecular flexibility index (Phi) is 11.7. The fourth-order valence-electron chi connectivity index (χ4n) is 5.17. The van der Waals surface area contributed by atoms with Gasteiger partial charge in [0.15, 0.2) is 10.9 Å². The van der Waals surface area contributed by atoms with E-state index in [4.69, 9.17) is 9.15 Å². The van der Waals surface area contributed by atoms with Crippen LogP contribution in [-0.2, 0) is 9.59 Å². The van der Waals surface area contributed by atoms with Gasteiger partial charge in [0.25, 0.3) is 0 Å². The largest absolute Gasteiger partial charge is 0.497 e. The van der Waals surface area contributed by atoms with E-state index in [-0.39, 0.29) is 17.9 Å². The molecule has 0 N–H and O–H groups in total. The molecule has 1 atom stereocenters. The Hall–Kier alpha value is -3.27. The standard InChI is InChI=1S/C31H43N5O4S/c1-4-5-6-7-8-14-29(38)35-20-19-34(23-24(35)2)28(37)13-9-10-22-41-31-33-32-30(27-12-11-21-40-27)36(31)25-15-17-26(39-3)18-16-25/h11-12,15-18,21,24H,4-10,13-14,19-20,22-23H2,1-3H3. The Labute approximate surface area is 247 Å². The highest BCUT2D eigenvalue weighted by Gasteiger charge is 2.29. The molecule has 0 bridgehead atoms. The summed E-state index contributed by atoms with van der Waals surface area (Å²) in [7, 11) is 1.65. The first-order chi connectivity index (χ1) is 20.0. The first-order valence-corrected chi connectivity index (χ1v) is 15.8. The quantitative estimate of drug-likeness (QED) is 0.155. The van der Waals surface area contributed by atoms with E-state index in [1.54, 1.807) is 25.1 Å². The molecule has 1 saturated heterocycles. The summed E-state index contributed by atoms with van der Waals surface area (Å²) < 4.78 is 12.9. The summed E-state index contributed by atoms with van der Waals surface area (Å²) in [6, 6.07) is 11.5. The lowest BCUT2D eigenvalue weighted by molar-refractivity contribution is -0.142. The Morgan fingerprint density at radius 1 is 0.976 bits per heavy atom. The molecule has 2 amide bonds. The number of ether oxygens (including phenoxy) is 1. The van der Waals surface area contributed by atoms with E-state index in [9.17, 15) is 9.59 Å². The summed E-state index contributed by atoms with van der Waals surface area (Å²) in [5.41, 5.74) is 0.920.